The van der Waals surface area contributed by atoms with E-state index in [1.165, 1.54) is 0 Å². The predicted molar refractivity (Wildman–Crippen MR) is 84.0 cm³/mol. The second-order valence-corrected chi connectivity index (χ2v) is 5.36. The van der Waals surface area contributed by atoms with E-state index in [2.05, 4.69) is 27.3 Å². The van der Waals surface area contributed by atoms with Crippen LogP contribution in [0.3, 0.4) is 0 Å². The van der Waals surface area contributed by atoms with Crippen molar-refractivity contribution in [2.75, 3.05) is 7.11 Å². The zero-order valence-corrected chi connectivity index (χ0v) is 13.2. The number of nitrogens with zero attached hydrogens (tertiary/aromatic N) is 2. The molecule has 0 saturated heterocycles. The first-order chi connectivity index (χ1) is 11.4. The summed E-state index contributed by atoms with van der Waals surface area (Å²) in [4.78, 5) is 3.81. The van der Waals surface area contributed by atoms with Crippen molar-refractivity contribution in [1.82, 2.24) is 10.1 Å². The van der Waals surface area contributed by atoms with Gasteiger partial charge in [0, 0.05) is 10.5 Å². The van der Waals surface area contributed by atoms with Crippen LogP contribution in [0.1, 0.15) is 5.89 Å². The second-order valence-electron chi connectivity index (χ2n) is 4.88. The van der Waals surface area contributed by atoms with Crippen molar-refractivity contribution in [3.05, 3.63) is 48.4 Å². The predicted octanol–water partition coefficient (Wildman–Crippen LogP) is 4.72. The van der Waals surface area contributed by atoms with Crippen LogP contribution in [0.25, 0.3) is 22.5 Å². The highest BCUT2D eigenvalue weighted by atomic mass is 32.1. The van der Waals surface area contributed by atoms with Crippen molar-refractivity contribution in [1.29, 1.82) is 0 Å². The molecule has 0 radical (unpaired) electrons. The highest BCUT2D eigenvalue weighted by Gasteiger charge is 2.38. The second kappa shape index (κ2) is 6.20. The molecule has 3 rings (SSSR count). The first-order valence-electron chi connectivity index (χ1n) is 6.77. The molecule has 0 unspecified atom stereocenters. The van der Waals surface area contributed by atoms with Crippen molar-refractivity contribution in [3.63, 3.8) is 0 Å². The van der Waals surface area contributed by atoms with E-state index in [9.17, 15) is 13.2 Å². The highest BCUT2D eigenvalue weighted by Crippen LogP contribution is 2.33. The summed E-state index contributed by atoms with van der Waals surface area (Å²) < 4.78 is 47.0. The minimum absolute atomic E-state index is 0.159. The van der Waals surface area contributed by atoms with Gasteiger partial charge in [0.2, 0.25) is 5.82 Å². The van der Waals surface area contributed by atoms with E-state index in [4.69, 9.17) is 4.74 Å². The maximum atomic E-state index is 12.5. The SMILES string of the molecule is COc1ccc(-c2ccc(-c3noc(C(F)(F)F)n3)c(S)c2)cc1. The van der Waals surface area contributed by atoms with Gasteiger partial charge in [-0.05, 0) is 35.4 Å². The van der Waals surface area contributed by atoms with Crippen LogP contribution in [-0.2, 0) is 6.18 Å². The fraction of sp³-hybridized carbons (Fsp3) is 0.125. The van der Waals surface area contributed by atoms with Gasteiger partial charge in [-0.25, -0.2) is 0 Å². The third-order valence-electron chi connectivity index (χ3n) is 3.33. The molecule has 24 heavy (non-hydrogen) atoms. The molecule has 0 amide bonds. The Morgan fingerprint density at radius 1 is 1.04 bits per heavy atom. The zero-order valence-electron chi connectivity index (χ0n) is 12.3. The number of hydrogen-bond acceptors (Lipinski definition) is 5. The fourth-order valence-electron chi connectivity index (χ4n) is 2.13. The van der Waals surface area contributed by atoms with Gasteiger partial charge < -0.3 is 9.26 Å². The number of alkyl halides is 3. The standard InChI is InChI=1S/C16H11F3N2O2S/c1-22-11-5-2-9(3-6-11)10-4-7-12(13(24)8-10)14-20-15(23-21-14)16(17,18)19/h2-8,24H,1H3. The summed E-state index contributed by atoms with van der Waals surface area (Å²) in [6, 6.07) is 12.5. The lowest BCUT2D eigenvalue weighted by Crippen LogP contribution is -2.04. The van der Waals surface area contributed by atoms with Crippen LogP contribution in [0.2, 0.25) is 0 Å². The first kappa shape index (κ1) is 16.4. The van der Waals surface area contributed by atoms with Gasteiger partial charge in [0.25, 0.3) is 0 Å². The molecule has 4 nitrogen and oxygen atoms in total. The smallest absolute Gasteiger partial charge is 0.471 e. The summed E-state index contributed by atoms with van der Waals surface area (Å²) in [5, 5.41) is 3.37. The molecule has 3 aromatic rings. The summed E-state index contributed by atoms with van der Waals surface area (Å²) in [6.45, 7) is 0. The van der Waals surface area contributed by atoms with Crippen LogP contribution >= 0.6 is 12.6 Å². The van der Waals surface area contributed by atoms with Crippen molar-refractivity contribution in [2.45, 2.75) is 11.1 Å². The molecule has 8 heteroatoms. The summed E-state index contributed by atoms with van der Waals surface area (Å²) in [5.74, 6) is -0.814. The molecule has 0 spiro atoms. The Bertz CT molecular complexity index is 861. The van der Waals surface area contributed by atoms with Gasteiger partial charge >= 0.3 is 12.1 Å². The number of methoxy groups -OCH3 is 1. The van der Waals surface area contributed by atoms with E-state index in [1.54, 1.807) is 25.3 Å². The van der Waals surface area contributed by atoms with Gasteiger partial charge in [-0.3, -0.25) is 0 Å². The topological polar surface area (TPSA) is 48.2 Å². The molecular weight excluding hydrogens is 341 g/mol. The summed E-state index contributed by atoms with van der Waals surface area (Å²) in [5.41, 5.74) is 2.13. The summed E-state index contributed by atoms with van der Waals surface area (Å²) in [7, 11) is 1.58. The molecule has 2 aromatic carbocycles. The van der Waals surface area contributed by atoms with Crippen LogP contribution in [0, 0.1) is 0 Å². The third-order valence-corrected chi connectivity index (χ3v) is 3.70. The van der Waals surface area contributed by atoms with E-state index in [0.29, 0.717) is 10.5 Å². The molecule has 0 atom stereocenters. The number of aromatic nitrogens is 2. The largest absolute Gasteiger partial charge is 0.497 e. The quantitative estimate of drug-likeness (QED) is 0.693. The average Bonchev–Trinajstić information content (AvgIpc) is 3.05. The average molecular weight is 352 g/mol. The first-order valence-corrected chi connectivity index (χ1v) is 7.22. The maximum absolute atomic E-state index is 12.5. The Balaban J connectivity index is 1.93. The van der Waals surface area contributed by atoms with Gasteiger partial charge in [-0.2, -0.15) is 18.2 Å². The number of benzene rings is 2. The lowest BCUT2D eigenvalue weighted by molar-refractivity contribution is -0.159. The van der Waals surface area contributed by atoms with Gasteiger partial charge in [0.15, 0.2) is 0 Å². The minimum Gasteiger partial charge on any atom is -0.497 e. The van der Waals surface area contributed by atoms with E-state index >= 15 is 0 Å². The number of thiol groups is 1. The number of ether oxygens (including phenoxy) is 1. The van der Waals surface area contributed by atoms with E-state index in [0.717, 1.165) is 16.9 Å². The fourth-order valence-corrected chi connectivity index (χ4v) is 2.45. The lowest BCUT2D eigenvalue weighted by Gasteiger charge is -2.07. The monoisotopic (exact) mass is 352 g/mol. The van der Waals surface area contributed by atoms with Gasteiger partial charge in [-0.1, -0.05) is 23.4 Å². The van der Waals surface area contributed by atoms with Gasteiger partial charge in [0.05, 0.1) is 7.11 Å². The number of rotatable bonds is 3. The normalized spacial score (nSPS) is 11.5. The lowest BCUT2D eigenvalue weighted by atomic mass is 10.0. The molecule has 0 N–H and O–H groups in total. The van der Waals surface area contributed by atoms with Crippen molar-refractivity contribution < 1.29 is 22.4 Å². The van der Waals surface area contributed by atoms with Gasteiger partial charge in [0.1, 0.15) is 5.75 Å². The molecule has 1 aromatic heterocycles. The molecule has 0 aliphatic heterocycles. The molecule has 0 aliphatic carbocycles. The van der Waals surface area contributed by atoms with Crippen LogP contribution < -0.4 is 4.74 Å². The van der Waals surface area contributed by atoms with E-state index < -0.39 is 12.1 Å². The number of hydrogen-bond donors (Lipinski definition) is 1. The Hall–Kier alpha value is -2.48. The Morgan fingerprint density at radius 2 is 1.71 bits per heavy atom. The molecule has 0 aliphatic rings. The molecule has 0 fully saturated rings. The maximum Gasteiger partial charge on any atom is 0.471 e. The van der Waals surface area contributed by atoms with Gasteiger partial charge in [-0.15, -0.1) is 12.6 Å². The van der Waals surface area contributed by atoms with Crippen LogP contribution in [0.4, 0.5) is 13.2 Å². The number of halogens is 3. The molecule has 0 bridgehead atoms. The molecular formula is C16H11F3N2O2S. The summed E-state index contributed by atoms with van der Waals surface area (Å²) in [6.07, 6.45) is -4.68. The van der Waals surface area contributed by atoms with Crippen molar-refractivity contribution in [3.8, 4) is 28.3 Å². The summed E-state index contributed by atoms with van der Waals surface area (Å²) >= 11 is 4.32. The highest BCUT2D eigenvalue weighted by molar-refractivity contribution is 7.80. The van der Waals surface area contributed by atoms with E-state index in [1.807, 2.05) is 24.3 Å². The van der Waals surface area contributed by atoms with Crippen molar-refractivity contribution in [2.24, 2.45) is 0 Å². The van der Waals surface area contributed by atoms with Crippen LogP contribution in [0.15, 0.2) is 51.9 Å². The van der Waals surface area contributed by atoms with Crippen LogP contribution in [0.5, 0.6) is 5.75 Å². The Labute approximate surface area is 140 Å². The molecule has 0 saturated carbocycles. The molecule has 1 heterocycles. The van der Waals surface area contributed by atoms with E-state index in [-0.39, 0.29) is 5.82 Å². The van der Waals surface area contributed by atoms with Crippen LogP contribution in [-0.4, -0.2) is 17.3 Å². The third kappa shape index (κ3) is 3.23. The van der Waals surface area contributed by atoms with Crippen molar-refractivity contribution >= 4 is 12.6 Å². The Kier molecular flexibility index (Phi) is 4.23. The zero-order chi connectivity index (χ0) is 17.3. The molecule has 124 valence electrons. The minimum atomic E-state index is -4.68. The Morgan fingerprint density at radius 3 is 2.25 bits per heavy atom.